The summed E-state index contributed by atoms with van der Waals surface area (Å²) in [4.78, 5) is 10.7. The second-order valence-electron chi connectivity index (χ2n) is 3.23. The summed E-state index contributed by atoms with van der Waals surface area (Å²) < 4.78 is 5.14. The lowest BCUT2D eigenvalue weighted by Gasteiger charge is -2.29. The van der Waals surface area contributed by atoms with Crippen molar-refractivity contribution in [3.05, 3.63) is 0 Å². The van der Waals surface area contributed by atoms with Crippen molar-refractivity contribution in [3.63, 3.8) is 0 Å². The predicted molar refractivity (Wildman–Crippen MR) is 41.7 cm³/mol. The average Bonchev–Trinajstić information content (AvgIpc) is 1.96. The second-order valence-corrected chi connectivity index (χ2v) is 3.23. The van der Waals surface area contributed by atoms with Gasteiger partial charge in [-0.25, -0.2) is 0 Å². The minimum atomic E-state index is -0.798. The summed E-state index contributed by atoms with van der Waals surface area (Å²) in [5.41, 5.74) is 0. The molecule has 1 heterocycles. The van der Waals surface area contributed by atoms with Crippen LogP contribution in [0, 0.1) is 0 Å². The Morgan fingerprint density at radius 2 is 2.17 bits per heavy atom. The molecule has 2 N–H and O–H groups in total. The summed E-state index contributed by atoms with van der Waals surface area (Å²) in [7, 11) is 0. The lowest BCUT2D eigenvalue weighted by Crippen LogP contribution is -2.41. The van der Waals surface area contributed by atoms with E-state index in [2.05, 4.69) is 0 Å². The van der Waals surface area contributed by atoms with Crippen LogP contribution in [0.2, 0.25) is 0 Å². The lowest BCUT2D eigenvalue weighted by atomic mass is 10.0. The highest BCUT2D eigenvalue weighted by atomic mass is 16.5. The molecule has 3 atom stereocenters. The molecule has 0 spiro atoms. The van der Waals surface area contributed by atoms with Gasteiger partial charge in [-0.1, -0.05) is 0 Å². The average molecular weight is 174 g/mol. The summed E-state index contributed by atoms with van der Waals surface area (Å²) in [6.45, 7) is 1.61. The maximum absolute atomic E-state index is 10.7. The fourth-order valence-electron chi connectivity index (χ4n) is 1.30. The zero-order valence-corrected chi connectivity index (χ0v) is 7.06. The van der Waals surface area contributed by atoms with Gasteiger partial charge in [0.05, 0.1) is 18.8 Å². The van der Waals surface area contributed by atoms with Crippen molar-refractivity contribution in [1.82, 2.24) is 0 Å². The Morgan fingerprint density at radius 3 is 2.67 bits per heavy atom. The number of ketones is 1. The fourth-order valence-corrected chi connectivity index (χ4v) is 1.30. The molecule has 0 unspecified atom stereocenters. The van der Waals surface area contributed by atoms with Crippen molar-refractivity contribution in [2.75, 3.05) is 6.61 Å². The van der Waals surface area contributed by atoms with Gasteiger partial charge in [-0.2, -0.15) is 0 Å². The molecule has 4 heteroatoms. The molecule has 0 radical (unpaired) electrons. The number of aliphatic hydroxyl groups is 2. The smallest absolute Gasteiger partial charge is 0.132 e. The molecular weight excluding hydrogens is 160 g/mol. The van der Waals surface area contributed by atoms with Crippen LogP contribution in [-0.4, -0.2) is 40.9 Å². The van der Waals surface area contributed by atoms with E-state index >= 15 is 0 Å². The summed E-state index contributed by atoms with van der Waals surface area (Å²) in [6.07, 6.45) is -1.10. The van der Waals surface area contributed by atoms with Crippen LogP contribution in [0.5, 0.6) is 0 Å². The first-order chi connectivity index (χ1) is 5.59. The van der Waals surface area contributed by atoms with E-state index in [1.165, 1.54) is 6.92 Å². The molecule has 1 saturated heterocycles. The Labute approximate surface area is 71.2 Å². The van der Waals surface area contributed by atoms with Crippen molar-refractivity contribution >= 4 is 5.78 Å². The Hall–Kier alpha value is -0.450. The van der Waals surface area contributed by atoms with Crippen molar-refractivity contribution in [2.45, 2.75) is 38.1 Å². The number of rotatable bonds is 2. The van der Waals surface area contributed by atoms with E-state index in [9.17, 15) is 9.90 Å². The van der Waals surface area contributed by atoms with Gasteiger partial charge in [-0.3, -0.25) is 4.79 Å². The van der Waals surface area contributed by atoms with Crippen LogP contribution in [0.3, 0.4) is 0 Å². The van der Waals surface area contributed by atoms with E-state index < -0.39 is 12.2 Å². The summed E-state index contributed by atoms with van der Waals surface area (Å²) in [5, 5.41) is 18.3. The summed E-state index contributed by atoms with van der Waals surface area (Å²) >= 11 is 0. The maximum Gasteiger partial charge on any atom is 0.132 e. The van der Waals surface area contributed by atoms with Gasteiger partial charge >= 0.3 is 0 Å². The molecule has 0 amide bonds. The first kappa shape index (κ1) is 9.64. The molecular formula is C8H14O4. The fraction of sp³-hybridized carbons (Fsp3) is 0.875. The number of Topliss-reactive ketones (excluding diaryl/α,β-unsaturated/α-hetero) is 1. The standard InChI is InChI=1S/C8H14O4/c1-5(9)2-6-3-7(10)8(11)4-12-6/h6-8,10-11H,2-4H2,1H3/t6-,7+,8-/m1/s1. The molecule has 1 rings (SSSR count). The number of hydrogen-bond acceptors (Lipinski definition) is 4. The van der Waals surface area contributed by atoms with E-state index in [0.717, 1.165) is 0 Å². The lowest BCUT2D eigenvalue weighted by molar-refractivity contribution is -0.135. The molecule has 0 aromatic rings. The number of carbonyl (C=O) groups excluding carboxylic acids is 1. The Morgan fingerprint density at radius 1 is 1.50 bits per heavy atom. The molecule has 0 bridgehead atoms. The van der Waals surface area contributed by atoms with Crippen LogP contribution in [-0.2, 0) is 9.53 Å². The van der Waals surface area contributed by atoms with E-state index in [1.54, 1.807) is 0 Å². The molecule has 0 aromatic heterocycles. The highest BCUT2D eigenvalue weighted by Crippen LogP contribution is 2.16. The van der Waals surface area contributed by atoms with E-state index in [0.29, 0.717) is 12.8 Å². The van der Waals surface area contributed by atoms with Crippen LogP contribution < -0.4 is 0 Å². The number of aliphatic hydroxyl groups excluding tert-OH is 2. The minimum Gasteiger partial charge on any atom is -0.390 e. The molecule has 0 aliphatic carbocycles. The Balaban J connectivity index is 2.35. The van der Waals surface area contributed by atoms with Crippen LogP contribution >= 0.6 is 0 Å². The molecule has 1 aliphatic heterocycles. The van der Waals surface area contributed by atoms with Gasteiger partial charge < -0.3 is 14.9 Å². The van der Waals surface area contributed by atoms with Gasteiger partial charge in [0.15, 0.2) is 0 Å². The quantitative estimate of drug-likeness (QED) is 0.591. The van der Waals surface area contributed by atoms with E-state index in [4.69, 9.17) is 9.84 Å². The normalized spacial score (nSPS) is 36.4. The highest BCUT2D eigenvalue weighted by molar-refractivity contribution is 5.75. The molecule has 0 aromatic carbocycles. The Kier molecular flexibility index (Phi) is 3.20. The van der Waals surface area contributed by atoms with Gasteiger partial charge in [-0.15, -0.1) is 0 Å². The summed E-state index contributed by atoms with van der Waals surface area (Å²) in [6, 6.07) is 0. The highest BCUT2D eigenvalue weighted by Gasteiger charge is 2.28. The van der Waals surface area contributed by atoms with Gasteiger partial charge in [0.2, 0.25) is 0 Å². The molecule has 1 fully saturated rings. The predicted octanol–water partition coefficient (Wildman–Crippen LogP) is -0.524. The Bertz CT molecular complexity index is 168. The minimum absolute atomic E-state index is 0.0450. The van der Waals surface area contributed by atoms with Crippen molar-refractivity contribution in [1.29, 1.82) is 0 Å². The second kappa shape index (κ2) is 3.98. The largest absolute Gasteiger partial charge is 0.390 e. The van der Waals surface area contributed by atoms with E-state index in [-0.39, 0.29) is 18.5 Å². The topological polar surface area (TPSA) is 66.8 Å². The number of carbonyl (C=O) groups is 1. The summed E-state index contributed by atoms with van der Waals surface area (Å²) in [5.74, 6) is 0.0450. The van der Waals surface area contributed by atoms with Crippen molar-refractivity contribution < 1.29 is 19.7 Å². The van der Waals surface area contributed by atoms with Crippen LogP contribution in [0.1, 0.15) is 19.8 Å². The molecule has 0 saturated carbocycles. The number of hydrogen-bond donors (Lipinski definition) is 2. The first-order valence-electron chi connectivity index (χ1n) is 4.06. The van der Waals surface area contributed by atoms with Gasteiger partial charge in [0.1, 0.15) is 11.9 Å². The zero-order chi connectivity index (χ0) is 9.14. The molecule has 1 aliphatic rings. The van der Waals surface area contributed by atoms with Crippen molar-refractivity contribution in [2.24, 2.45) is 0 Å². The molecule has 4 nitrogen and oxygen atoms in total. The maximum atomic E-state index is 10.7. The first-order valence-corrected chi connectivity index (χ1v) is 4.06. The van der Waals surface area contributed by atoms with Crippen molar-refractivity contribution in [3.8, 4) is 0 Å². The van der Waals surface area contributed by atoms with Crippen LogP contribution in [0.15, 0.2) is 0 Å². The monoisotopic (exact) mass is 174 g/mol. The van der Waals surface area contributed by atoms with Crippen LogP contribution in [0.25, 0.3) is 0 Å². The number of ether oxygens (including phenoxy) is 1. The van der Waals surface area contributed by atoms with Gasteiger partial charge in [0.25, 0.3) is 0 Å². The van der Waals surface area contributed by atoms with Gasteiger partial charge in [0, 0.05) is 12.8 Å². The van der Waals surface area contributed by atoms with Gasteiger partial charge in [-0.05, 0) is 6.92 Å². The van der Waals surface area contributed by atoms with Crippen LogP contribution in [0.4, 0.5) is 0 Å². The molecule has 70 valence electrons. The third-order valence-corrected chi connectivity index (χ3v) is 1.97. The third kappa shape index (κ3) is 2.55. The van der Waals surface area contributed by atoms with E-state index in [1.807, 2.05) is 0 Å². The SMILES string of the molecule is CC(=O)C[C@@H]1C[C@H](O)[C@H](O)CO1. The zero-order valence-electron chi connectivity index (χ0n) is 7.06. The molecule has 12 heavy (non-hydrogen) atoms. The third-order valence-electron chi connectivity index (χ3n) is 1.97.